The van der Waals surface area contributed by atoms with Crippen molar-refractivity contribution in [1.29, 1.82) is 0 Å². The zero-order valence-corrected chi connectivity index (χ0v) is 11.0. The van der Waals surface area contributed by atoms with Crippen LogP contribution in [0.15, 0.2) is 48.5 Å². The van der Waals surface area contributed by atoms with Crippen molar-refractivity contribution in [3.63, 3.8) is 0 Å². The van der Waals surface area contributed by atoms with E-state index in [0.717, 1.165) is 11.1 Å². The highest BCUT2D eigenvalue weighted by Crippen LogP contribution is 2.25. The van der Waals surface area contributed by atoms with Gasteiger partial charge in [0.25, 0.3) is 5.69 Å². The van der Waals surface area contributed by atoms with E-state index in [4.69, 9.17) is 4.74 Å². The zero-order valence-electron chi connectivity index (χ0n) is 11.0. The van der Waals surface area contributed by atoms with Gasteiger partial charge in [0.15, 0.2) is 0 Å². The molecule has 2 aromatic carbocycles. The summed E-state index contributed by atoms with van der Waals surface area (Å²) in [5, 5.41) is 20.7. The van der Waals surface area contributed by atoms with Crippen LogP contribution in [0.5, 0.6) is 5.75 Å². The Balaban J connectivity index is 2.07. The van der Waals surface area contributed by atoms with Crippen LogP contribution >= 0.6 is 0 Å². The largest absolute Gasteiger partial charge is 0.490 e. The highest BCUT2D eigenvalue weighted by molar-refractivity contribution is 5.43. The number of aliphatic hydroxyl groups excluding tert-OH is 1. The monoisotopic (exact) mass is 273 g/mol. The molecule has 2 aromatic rings. The molecule has 0 aromatic heterocycles. The van der Waals surface area contributed by atoms with Gasteiger partial charge in [-0.05, 0) is 24.1 Å². The summed E-state index contributed by atoms with van der Waals surface area (Å²) in [6.45, 7) is 1.85. The summed E-state index contributed by atoms with van der Waals surface area (Å²) in [4.78, 5) is 10.3. The fourth-order valence-corrected chi connectivity index (χ4v) is 1.80. The third-order valence-corrected chi connectivity index (χ3v) is 2.96. The standard InChI is InChI=1S/C15H15NO4/c1-11-7-8-13(16(18)19)9-15(11)20-10-14(17)12-5-3-2-4-6-12/h2-9,14,17H,10H2,1H3. The predicted octanol–water partition coefficient (Wildman–Crippen LogP) is 3.02. The molecule has 0 aliphatic rings. The van der Waals surface area contributed by atoms with Crippen LogP contribution in [0, 0.1) is 17.0 Å². The molecule has 0 heterocycles. The van der Waals surface area contributed by atoms with Crippen molar-refractivity contribution in [3.05, 3.63) is 69.8 Å². The molecule has 104 valence electrons. The van der Waals surface area contributed by atoms with Gasteiger partial charge in [-0.25, -0.2) is 0 Å². The quantitative estimate of drug-likeness (QED) is 0.671. The van der Waals surface area contributed by atoms with Gasteiger partial charge in [0.05, 0.1) is 11.0 Å². The molecule has 0 radical (unpaired) electrons. The van der Waals surface area contributed by atoms with E-state index in [9.17, 15) is 15.2 Å². The summed E-state index contributed by atoms with van der Waals surface area (Å²) in [7, 11) is 0. The first-order chi connectivity index (χ1) is 9.58. The lowest BCUT2D eigenvalue weighted by atomic mass is 10.1. The Morgan fingerprint density at radius 2 is 1.95 bits per heavy atom. The van der Waals surface area contributed by atoms with Gasteiger partial charge < -0.3 is 9.84 Å². The number of nitrogens with zero attached hydrogens (tertiary/aromatic N) is 1. The molecule has 0 saturated heterocycles. The van der Waals surface area contributed by atoms with E-state index in [2.05, 4.69) is 0 Å². The first-order valence-electron chi connectivity index (χ1n) is 6.19. The normalized spacial score (nSPS) is 11.9. The number of hydrogen-bond acceptors (Lipinski definition) is 4. The lowest BCUT2D eigenvalue weighted by molar-refractivity contribution is -0.385. The first kappa shape index (κ1) is 14.0. The van der Waals surface area contributed by atoms with Crippen molar-refractivity contribution in [2.45, 2.75) is 13.0 Å². The number of rotatable bonds is 5. The lowest BCUT2D eigenvalue weighted by Crippen LogP contribution is -2.10. The molecule has 0 aliphatic heterocycles. The molecule has 5 heteroatoms. The van der Waals surface area contributed by atoms with Crippen LogP contribution in [-0.2, 0) is 0 Å². The van der Waals surface area contributed by atoms with Gasteiger partial charge in [0.1, 0.15) is 18.5 Å². The average Bonchev–Trinajstić information content (AvgIpc) is 2.46. The van der Waals surface area contributed by atoms with E-state index in [1.807, 2.05) is 18.2 Å². The third kappa shape index (κ3) is 3.33. The molecule has 20 heavy (non-hydrogen) atoms. The van der Waals surface area contributed by atoms with Crippen molar-refractivity contribution in [2.24, 2.45) is 0 Å². The summed E-state index contributed by atoms with van der Waals surface area (Å²) >= 11 is 0. The van der Waals surface area contributed by atoms with E-state index in [-0.39, 0.29) is 12.3 Å². The van der Waals surface area contributed by atoms with Crippen LogP contribution in [0.25, 0.3) is 0 Å². The van der Waals surface area contributed by atoms with Crippen LogP contribution in [0.4, 0.5) is 5.69 Å². The van der Waals surface area contributed by atoms with Crippen molar-refractivity contribution < 1.29 is 14.8 Å². The Hall–Kier alpha value is -2.40. The van der Waals surface area contributed by atoms with Crippen molar-refractivity contribution in [1.82, 2.24) is 0 Å². The molecule has 0 amide bonds. The van der Waals surface area contributed by atoms with Crippen LogP contribution in [-0.4, -0.2) is 16.6 Å². The first-order valence-corrected chi connectivity index (χ1v) is 6.19. The van der Waals surface area contributed by atoms with E-state index in [1.54, 1.807) is 25.1 Å². The van der Waals surface area contributed by atoms with E-state index in [0.29, 0.717) is 5.75 Å². The molecule has 2 rings (SSSR count). The second kappa shape index (κ2) is 6.16. The Morgan fingerprint density at radius 1 is 1.25 bits per heavy atom. The van der Waals surface area contributed by atoms with Gasteiger partial charge in [-0.2, -0.15) is 0 Å². The molecule has 1 atom stereocenters. The van der Waals surface area contributed by atoms with Crippen molar-refractivity contribution in [2.75, 3.05) is 6.61 Å². The van der Waals surface area contributed by atoms with Crippen molar-refractivity contribution >= 4 is 5.69 Å². The van der Waals surface area contributed by atoms with E-state index in [1.165, 1.54) is 12.1 Å². The highest BCUT2D eigenvalue weighted by Gasteiger charge is 2.12. The smallest absolute Gasteiger partial charge is 0.273 e. The zero-order chi connectivity index (χ0) is 14.5. The number of nitro benzene ring substituents is 1. The van der Waals surface area contributed by atoms with Crippen LogP contribution in [0.3, 0.4) is 0 Å². The van der Waals surface area contributed by atoms with E-state index >= 15 is 0 Å². The van der Waals surface area contributed by atoms with Gasteiger partial charge >= 0.3 is 0 Å². The fraction of sp³-hybridized carbons (Fsp3) is 0.200. The molecule has 0 spiro atoms. The van der Waals surface area contributed by atoms with Crippen LogP contribution < -0.4 is 4.74 Å². The topological polar surface area (TPSA) is 72.6 Å². The Labute approximate surface area is 116 Å². The second-order valence-corrected chi connectivity index (χ2v) is 4.44. The maximum atomic E-state index is 10.7. The summed E-state index contributed by atoms with van der Waals surface area (Å²) in [5.74, 6) is 0.411. The fourth-order valence-electron chi connectivity index (χ4n) is 1.80. The molecule has 5 nitrogen and oxygen atoms in total. The second-order valence-electron chi connectivity index (χ2n) is 4.44. The molecule has 1 unspecified atom stereocenters. The van der Waals surface area contributed by atoms with Gasteiger partial charge in [-0.3, -0.25) is 10.1 Å². The van der Waals surface area contributed by atoms with Gasteiger partial charge in [0, 0.05) is 6.07 Å². The number of benzene rings is 2. The number of aryl methyl sites for hydroxylation is 1. The summed E-state index contributed by atoms with van der Waals surface area (Å²) < 4.78 is 5.49. The number of hydrogen-bond donors (Lipinski definition) is 1. The molecule has 0 bridgehead atoms. The molecule has 0 fully saturated rings. The van der Waals surface area contributed by atoms with Gasteiger partial charge in [0.2, 0.25) is 0 Å². The Morgan fingerprint density at radius 3 is 2.60 bits per heavy atom. The van der Waals surface area contributed by atoms with Crippen molar-refractivity contribution in [3.8, 4) is 5.75 Å². The number of nitro groups is 1. The minimum absolute atomic E-state index is 0.0280. The summed E-state index contributed by atoms with van der Waals surface area (Å²) in [5.41, 5.74) is 1.51. The van der Waals surface area contributed by atoms with E-state index < -0.39 is 11.0 Å². The van der Waals surface area contributed by atoms with Gasteiger partial charge in [-0.1, -0.05) is 30.3 Å². The number of non-ortho nitro benzene ring substituents is 1. The Bertz CT molecular complexity index is 598. The molecule has 0 aliphatic carbocycles. The predicted molar refractivity (Wildman–Crippen MR) is 74.7 cm³/mol. The third-order valence-electron chi connectivity index (χ3n) is 2.96. The molecular weight excluding hydrogens is 258 g/mol. The molecular formula is C15H15NO4. The highest BCUT2D eigenvalue weighted by atomic mass is 16.6. The molecule has 1 N–H and O–H groups in total. The maximum Gasteiger partial charge on any atom is 0.273 e. The average molecular weight is 273 g/mol. The summed E-state index contributed by atoms with van der Waals surface area (Å²) in [6, 6.07) is 13.5. The maximum absolute atomic E-state index is 10.7. The number of aliphatic hydroxyl groups is 1. The summed E-state index contributed by atoms with van der Waals surface area (Å²) in [6.07, 6.45) is -0.769. The lowest BCUT2D eigenvalue weighted by Gasteiger charge is -2.14. The molecule has 0 saturated carbocycles. The van der Waals surface area contributed by atoms with Gasteiger partial charge in [-0.15, -0.1) is 0 Å². The minimum Gasteiger partial charge on any atom is -0.490 e. The van der Waals surface area contributed by atoms with Crippen LogP contribution in [0.1, 0.15) is 17.2 Å². The Kier molecular flexibility index (Phi) is 4.32. The minimum atomic E-state index is -0.769. The van der Waals surface area contributed by atoms with Crippen LogP contribution in [0.2, 0.25) is 0 Å². The number of ether oxygens (including phenoxy) is 1. The SMILES string of the molecule is Cc1ccc([N+](=O)[O-])cc1OCC(O)c1ccccc1.